The van der Waals surface area contributed by atoms with Gasteiger partial charge in [0.15, 0.2) is 0 Å². The van der Waals surface area contributed by atoms with Gasteiger partial charge in [-0.1, -0.05) is 13.8 Å². The molecule has 0 aliphatic heterocycles. The number of benzene rings is 1. The van der Waals surface area contributed by atoms with Crippen molar-refractivity contribution in [2.24, 2.45) is 5.41 Å². The lowest BCUT2D eigenvalue weighted by atomic mass is 9.93. The Morgan fingerprint density at radius 3 is 2.43 bits per heavy atom. The third kappa shape index (κ3) is 5.12. The number of nitriles is 1. The van der Waals surface area contributed by atoms with Crippen LogP contribution in [-0.2, 0) is 10.0 Å². The summed E-state index contributed by atoms with van der Waals surface area (Å²) in [5.41, 5.74) is 0.980. The van der Waals surface area contributed by atoms with E-state index < -0.39 is 10.0 Å². The van der Waals surface area contributed by atoms with E-state index in [1.807, 2.05) is 38.9 Å². The Labute approximate surface area is 127 Å². The summed E-state index contributed by atoms with van der Waals surface area (Å²) in [6.45, 7) is 6.89. The van der Waals surface area contributed by atoms with Crippen molar-refractivity contribution in [1.29, 1.82) is 5.26 Å². The van der Waals surface area contributed by atoms with E-state index in [4.69, 9.17) is 5.26 Å². The topological polar surface area (TPSA) is 73.2 Å². The summed E-state index contributed by atoms with van der Waals surface area (Å²) in [5, 5.41) is 8.89. The first-order valence-corrected chi connectivity index (χ1v) is 8.21. The van der Waals surface area contributed by atoms with Crippen LogP contribution in [0.5, 0.6) is 0 Å². The van der Waals surface area contributed by atoms with Crippen molar-refractivity contribution in [2.45, 2.75) is 25.7 Å². The SMILES string of the molecule is Cc1cc(S(=O)(=O)NCC(C)(C)CN(C)C)ccc1C#N. The van der Waals surface area contributed by atoms with Crippen LogP contribution in [0.15, 0.2) is 23.1 Å². The van der Waals surface area contributed by atoms with Gasteiger partial charge in [0.25, 0.3) is 0 Å². The van der Waals surface area contributed by atoms with Crippen molar-refractivity contribution < 1.29 is 8.42 Å². The second-order valence-electron chi connectivity index (χ2n) is 6.32. The molecule has 21 heavy (non-hydrogen) atoms. The second-order valence-corrected chi connectivity index (χ2v) is 8.08. The summed E-state index contributed by atoms with van der Waals surface area (Å²) < 4.78 is 27.3. The standard InChI is InChI=1S/C15H23N3O2S/c1-12-8-14(7-6-13(12)9-16)21(19,20)17-10-15(2,3)11-18(4)5/h6-8,17H,10-11H2,1-5H3. The molecule has 0 fully saturated rings. The Balaban J connectivity index is 2.88. The van der Waals surface area contributed by atoms with Crippen LogP contribution in [0, 0.1) is 23.7 Å². The lowest BCUT2D eigenvalue weighted by Gasteiger charge is -2.28. The zero-order valence-electron chi connectivity index (χ0n) is 13.3. The zero-order valence-corrected chi connectivity index (χ0v) is 14.1. The molecule has 1 aromatic rings. The quantitative estimate of drug-likeness (QED) is 0.868. The van der Waals surface area contributed by atoms with Gasteiger partial charge in [0.2, 0.25) is 10.0 Å². The Bertz CT molecular complexity index is 643. The van der Waals surface area contributed by atoms with E-state index in [1.165, 1.54) is 18.2 Å². The molecular formula is C15H23N3O2S. The average Bonchev–Trinajstić information content (AvgIpc) is 2.35. The molecule has 6 heteroatoms. The third-order valence-corrected chi connectivity index (χ3v) is 4.51. The van der Waals surface area contributed by atoms with E-state index >= 15 is 0 Å². The number of rotatable bonds is 6. The first-order valence-electron chi connectivity index (χ1n) is 6.72. The molecule has 0 aromatic heterocycles. The molecule has 0 atom stereocenters. The molecule has 0 aliphatic rings. The molecule has 0 radical (unpaired) electrons. The van der Waals surface area contributed by atoms with Gasteiger partial charge < -0.3 is 4.90 Å². The third-order valence-electron chi connectivity index (χ3n) is 3.11. The summed E-state index contributed by atoms with van der Waals surface area (Å²) in [6, 6.07) is 6.56. The summed E-state index contributed by atoms with van der Waals surface area (Å²) in [5.74, 6) is 0. The van der Waals surface area contributed by atoms with Gasteiger partial charge >= 0.3 is 0 Å². The lowest BCUT2D eigenvalue weighted by molar-refractivity contribution is 0.242. The fraction of sp³-hybridized carbons (Fsp3) is 0.533. The molecule has 0 amide bonds. The molecule has 1 N–H and O–H groups in total. The Hall–Kier alpha value is -1.42. The molecule has 116 valence electrons. The van der Waals surface area contributed by atoms with Crippen molar-refractivity contribution in [2.75, 3.05) is 27.2 Å². The second kappa shape index (κ2) is 6.56. The van der Waals surface area contributed by atoms with Gasteiger partial charge in [-0.25, -0.2) is 13.1 Å². The van der Waals surface area contributed by atoms with Crippen LogP contribution in [0.4, 0.5) is 0 Å². The molecule has 0 bridgehead atoms. The molecule has 0 spiro atoms. The number of sulfonamides is 1. The largest absolute Gasteiger partial charge is 0.309 e. The van der Waals surface area contributed by atoms with Gasteiger partial charge in [0.05, 0.1) is 16.5 Å². The Morgan fingerprint density at radius 2 is 1.95 bits per heavy atom. The van der Waals surface area contributed by atoms with Gasteiger partial charge in [0.1, 0.15) is 0 Å². The van der Waals surface area contributed by atoms with E-state index in [1.54, 1.807) is 6.92 Å². The van der Waals surface area contributed by atoms with Crippen LogP contribution in [0.1, 0.15) is 25.0 Å². The monoisotopic (exact) mass is 309 g/mol. The predicted octanol–water partition coefficient (Wildman–Crippen LogP) is 1.73. The minimum Gasteiger partial charge on any atom is -0.309 e. The van der Waals surface area contributed by atoms with Crippen LogP contribution in [0.3, 0.4) is 0 Å². The minimum absolute atomic E-state index is 0.168. The number of hydrogen-bond acceptors (Lipinski definition) is 4. The van der Waals surface area contributed by atoms with Crippen molar-refractivity contribution in [3.63, 3.8) is 0 Å². The van der Waals surface area contributed by atoms with Crippen LogP contribution >= 0.6 is 0 Å². The highest BCUT2D eigenvalue weighted by Crippen LogP contribution is 2.18. The summed E-state index contributed by atoms with van der Waals surface area (Å²) >= 11 is 0. The van der Waals surface area contributed by atoms with Crippen LogP contribution in [-0.4, -0.2) is 40.5 Å². The van der Waals surface area contributed by atoms with Crippen molar-refractivity contribution in [3.05, 3.63) is 29.3 Å². The number of aryl methyl sites for hydroxylation is 1. The lowest BCUT2D eigenvalue weighted by Crippen LogP contribution is -2.39. The fourth-order valence-electron chi connectivity index (χ4n) is 2.21. The number of hydrogen-bond donors (Lipinski definition) is 1. The van der Waals surface area contributed by atoms with Crippen molar-refractivity contribution in [1.82, 2.24) is 9.62 Å². The molecule has 1 aromatic carbocycles. The van der Waals surface area contributed by atoms with Crippen molar-refractivity contribution >= 4 is 10.0 Å². The van der Waals surface area contributed by atoms with Gasteiger partial charge in [-0.05, 0) is 50.2 Å². The van der Waals surface area contributed by atoms with Crippen LogP contribution in [0.25, 0.3) is 0 Å². The highest BCUT2D eigenvalue weighted by molar-refractivity contribution is 7.89. The highest BCUT2D eigenvalue weighted by Gasteiger charge is 2.23. The molecule has 0 aliphatic carbocycles. The van der Waals surface area contributed by atoms with Crippen LogP contribution in [0.2, 0.25) is 0 Å². The van der Waals surface area contributed by atoms with Gasteiger partial charge in [-0.15, -0.1) is 0 Å². The number of nitrogens with one attached hydrogen (secondary N) is 1. The van der Waals surface area contributed by atoms with E-state index in [0.29, 0.717) is 17.7 Å². The molecule has 0 saturated heterocycles. The summed E-state index contributed by atoms with van der Waals surface area (Å²) in [4.78, 5) is 2.22. The Morgan fingerprint density at radius 1 is 1.33 bits per heavy atom. The first-order chi connectivity index (χ1) is 9.57. The maximum absolute atomic E-state index is 12.3. The molecular weight excluding hydrogens is 286 g/mol. The minimum atomic E-state index is -3.55. The molecule has 0 saturated carbocycles. The van der Waals surface area contributed by atoms with E-state index in [2.05, 4.69) is 4.72 Å². The van der Waals surface area contributed by atoms with Gasteiger partial charge in [-0.3, -0.25) is 0 Å². The van der Waals surface area contributed by atoms with Crippen LogP contribution < -0.4 is 4.72 Å². The summed E-state index contributed by atoms with van der Waals surface area (Å²) in [6.07, 6.45) is 0. The maximum Gasteiger partial charge on any atom is 0.240 e. The molecule has 5 nitrogen and oxygen atoms in total. The fourth-order valence-corrected chi connectivity index (χ4v) is 3.54. The van der Waals surface area contributed by atoms with Crippen molar-refractivity contribution in [3.8, 4) is 6.07 Å². The average molecular weight is 309 g/mol. The maximum atomic E-state index is 12.3. The zero-order chi connectivity index (χ0) is 16.3. The summed E-state index contributed by atoms with van der Waals surface area (Å²) in [7, 11) is 0.362. The Kier molecular flexibility index (Phi) is 5.51. The van der Waals surface area contributed by atoms with E-state index in [9.17, 15) is 8.42 Å². The smallest absolute Gasteiger partial charge is 0.240 e. The number of nitrogens with zero attached hydrogens (tertiary/aromatic N) is 2. The molecule has 0 unspecified atom stereocenters. The molecule has 1 rings (SSSR count). The molecule has 0 heterocycles. The highest BCUT2D eigenvalue weighted by atomic mass is 32.2. The van der Waals surface area contributed by atoms with E-state index in [0.717, 1.165) is 6.54 Å². The predicted molar refractivity (Wildman–Crippen MR) is 83.4 cm³/mol. The normalized spacial score (nSPS) is 12.4. The van der Waals surface area contributed by atoms with Gasteiger partial charge in [-0.2, -0.15) is 5.26 Å². The van der Waals surface area contributed by atoms with Gasteiger partial charge in [0, 0.05) is 13.1 Å². The van der Waals surface area contributed by atoms with E-state index in [-0.39, 0.29) is 10.3 Å². The first kappa shape index (κ1) is 17.6.